The largest absolute Gasteiger partial charge is 0.390 e. The van der Waals surface area contributed by atoms with Crippen LogP contribution in [0.15, 0.2) is 24.3 Å². The summed E-state index contributed by atoms with van der Waals surface area (Å²) in [6, 6.07) is 8.06. The number of rotatable bonds is 2. The van der Waals surface area contributed by atoms with Gasteiger partial charge in [-0.15, -0.1) is 0 Å². The molecule has 23 heavy (non-hydrogen) atoms. The molecule has 2 aliphatic rings. The lowest BCUT2D eigenvalue weighted by Gasteiger charge is -2.48. The molecule has 1 aromatic rings. The number of benzene rings is 1. The van der Waals surface area contributed by atoms with E-state index in [0.29, 0.717) is 25.9 Å². The summed E-state index contributed by atoms with van der Waals surface area (Å²) >= 11 is 0. The fourth-order valence-corrected chi connectivity index (χ4v) is 3.89. The number of piperidine rings is 1. The van der Waals surface area contributed by atoms with Crippen molar-refractivity contribution < 1.29 is 14.6 Å². The van der Waals surface area contributed by atoms with Gasteiger partial charge in [-0.25, -0.2) is 0 Å². The van der Waals surface area contributed by atoms with E-state index in [4.69, 9.17) is 4.74 Å². The lowest BCUT2D eigenvalue weighted by atomic mass is 9.78. The second-order valence-electron chi connectivity index (χ2n) is 7.44. The van der Waals surface area contributed by atoms with Gasteiger partial charge in [-0.3, -0.25) is 4.79 Å². The van der Waals surface area contributed by atoms with Crippen LogP contribution >= 0.6 is 0 Å². The van der Waals surface area contributed by atoms with Gasteiger partial charge in [-0.05, 0) is 44.2 Å². The molecule has 1 unspecified atom stereocenters. The third-order valence-corrected chi connectivity index (χ3v) is 5.38. The summed E-state index contributed by atoms with van der Waals surface area (Å²) in [5.74, 6) is 0.191. The van der Waals surface area contributed by atoms with Gasteiger partial charge in [0.05, 0.1) is 24.2 Å². The third-order valence-electron chi connectivity index (χ3n) is 5.38. The molecule has 1 amide bonds. The predicted octanol–water partition coefficient (Wildman–Crippen LogP) is 2.46. The maximum atomic E-state index is 12.6. The van der Waals surface area contributed by atoms with E-state index in [1.807, 2.05) is 43.0 Å². The fourth-order valence-electron chi connectivity index (χ4n) is 3.89. The van der Waals surface area contributed by atoms with E-state index < -0.39 is 5.60 Å². The first-order valence-electron chi connectivity index (χ1n) is 8.58. The molecule has 0 aromatic heterocycles. The van der Waals surface area contributed by atoms with Gasteiger partial charge < -0.3 is 14.7 Å². The van der Waals surface area contributed by atoms with E-state index in [-0.39, 0.29) is 11.5 Å². The number of aliphatic hydroxyl groups is 1. The first kappa shape index (κ1) is 16.5. The Morgan fingerprint density at radius 2 is 1.96 bits per heavy atom. The normalized spacial score (nSPS) is 27.2. The predicted molar refractivity (Wildman–Crippen MR) is 89.2 cm³/mol. The number of likely N-dealkylation sites (tertiary alicyclic amines) is 1. The zero-order valence-electron chi connectivity index (χ0n) is 14.2. The Balaban J connectivity index is 1.58. The lowest BCUT2D eigenvalue weighted by molar-refractivity contribution is -0.175. The van der Waals surface area contributed by atoms with E-state index in [2.05, 4.69) is 0 Å². The Labute approximate surface area is 138 Å². The Bertz CT molecular complexity index is 574. The molecule has 0 bridgehead atoms. The van der Waals surface area contributed by atoms with Crippen LogP contribution in [0.2, 0.25) is 0 Å². The fraction of sp³-hybridized carbons (Fsp3) is 0.632. The van der Waals surface area contributed by atoms with Gasteiger partial charge in [0, 0.05) is 19.5 Å². The van der Waals surface area contributed by atoms with Gasteiger partial charge in [-0.2, -0.15) is 0 Å². The Hall–Kier alpha value is -1.39. The number of carbonyl (C=O) groups excluding carboxylic acids is 1. The molecule has 0 radical (unpaired) electrons. The highest BCUT2D eigenvalue weighted by molar-refractivity contribution is 5.79. The molecule has 1 aromatic carbocycles. The molecule has 0 saturated carbocycles. The summed E-state index contributed by atoms with van der Waals surface area (Å²) in [5.41, 5.74) is 1.41. The van der Waals surface area contributed by atoms with E-state index >= 15 is 0 Å². The van der Waals surface area contributed by atoms with E-state index in [0.717, 1.165) is 31.5 Å². The average Bonchev–Trinajstić information content (AvgIpc) is 2.49. The summed E-state index contributed by atoms with van der Waals surface area (Å²) in [4.78, 5) is 14.5. The number of carbonyl (C=O) groups is 1. The minimum atomic E-state index is -0.633. The van der Waals surface area contributed by atoms with Crippen molar-refractivity contribution in [3.05, 3.63) is 35.4 Å². The smallest absolute Gasteiger partial charge is 0.227 e. The molecule has 2 aliphatic heterocycles. The summed E-state index contributed by atoms with van der Waals surface area (Å²) in [6.45, 7) is 6.00. The Morgan fingerprint density at radius 1 is 1.26 bits per heavy atom. The molecule has 2 heterocycles. The maximum Gasteiger partial charge on any atom is 0.227 e. The second kappa shape index (κ2) is 6.25. The molecule has 1 N–H and O–H groups in total. The van der Waals surface area contributed by atoms with Crippen LogP contribution in [0, 0.1) is 6.92 Å². The van der Waals surface area contributed by atoms with Crippen LogP contribution in [-0.2, 0) is 16.0 Å². The van der Waals surface area contributed by atoms with E-state index in [1.165, 1.54) is 5.56 Å². The Kier molecular flexibility index (Phi) is 4.47. The van der Waals surface area contributed by atoms with Crippen molar-refractivity contribution in [2.45, 2.75) is 57.2 Å². The number of ether oxygens (including phenoxy) is 1. The third kappa shape index (κ3) is 3.75. The highest BCUT2D eigenvalue weighted by Gasteiger charge is 2.44. The molecule has 4 heteroatoms. The van der Waals surface area contributed by atoms with Crippen LogP contribution < -0.4 is 0 Å². The maximum absolute atomic E-state index is 12.6. The van der Waals surface area contributed by atoms with Crippen molar-refractivity contribution in [3.63, 3.8) is 0 Å². The number of nitrogens with zero attached hydrogens (tertiary/aromatic N) is 1. The van der Waals surface area contributed by atoms with Crippen molar-refractivity contribution in [2.24, 2.45) is 0 Å². The molecule has 2 fully saturated rings. The summed E-state index contributed by atoms with van der Waals surface area (Å²) in [6.07, 6.45) is 3.49. The van der Waals surface area contributed by atoms with Crippen LogP contribution in [0.1, 0.15) is 43.7 Å². The molecule has 1 atom stereocenters. The molecule has 1 spiro atoms. The van der Waals surface area contributed by atoms with Gasteiger partial charge in [0.15, 0.2) is 0 Å². The van der Waals surface area contributed by atoms with E-state index in [9.17, 15) is 9.90 Å². The van der Waals surface area contributed by atoms with Crippen molar-refractivity contribution in [2.75, 3.05) is 19.7 Å². The van der Waals surface area contributed by atoms with Crippen LogP contribution in [0.25, 0.3) is 0 Å². The van der Waals surface area contributed by atoms with Gasteiger partial charge in [-0.1, -0.05) is 24.3 Å². The summed E-state index contributed by atoms with van der Waals surface area (Å²) in [7, 11) is 0. The molecular weight excluding hydrogens is 290 g/mol. The quantitative estimate of drug-likeness (QED) is 0.911. The SMILES string of the molecule is Cc1ccccc1CC(=O)N1CCC2(CC1)CC(C)(O)CCO2. The first-order valence-corrected chi connectivity index (χ1v) is 8.58. The van der Waals surface area contributed by atoms with Crippen molar-refractivity contribution >= 4 is 5.91 Å². The van der Waals surface area contributed by atoms with Gasteiger partial charge in [0.1, 0.15) is 0 Å². The zero-order chi connectivity index (χ0) is 16.5. The van der Waals surface area contributed by atoms with Crippen molar-refractivity contribution in [1.82, 2.24) is 4.90 Å². The summed E-state index contributed by atoms with van der Waals surface area (Å²) < 4.78 is 6.01. The number of amides is 1. The molecule has 0 aliphatic carbocycles. The molecule has 4 nitrogen and oxygen atoms in total. The van der Waals surface area contributed by atoms with Crippen LogP contribution in [-0.4, -0.2) is 46.8 Å². The zero-order valence-corrected chi connectivity index (χ0v) is 14.2. The monoisotopic (exact) mass is 317 g/mol. The molecule has 126 valence electrons. The van der Waals surface area contributed by atoms with Gasteiger partial charge >= 0.3 is 0 Å². The standard InChI is InChI=1S/C19H27NO3/c1-15-5-3-4-6-16(15)13-17(21)20-10-7-19(8-11-20)14-18(2,22)9-12-23-19/h3-6,22H,7-14H2,1-2H3. The second-order valence-corrected chi connectivity index (χ2v) is 7.44. The average molecular weight is 317 g/mol. The van der Waals surface area contributed by atoms with Crippen LogP contribution in [0.3, 0.4) is 0 Å². The minimum absolute atomic E-state index is 0.191. The number of hydrogen-bond acceptors (Lipinski definition) is 3. The van der Waals surface area contributed by atoms with Crippen molar-refractivity contribution in [1.29, 1.82) is 0 Å². The lowest BCUT2D eigenvalue weighted by Crippen LogP contribution is -2.54. The van der Waals surface area contributed by atoms with Crippen LogP contribution in [0.5, 0.6) is 0 Å². The molecular formula is C19H27NO3. The highest BCUT2D eigenvalue weighted by Crippen LogP contribution is 2.39. The Morgan fingerprint density at radius 3 is 2.61 bits per heavy atom. The van der Waals surface area contributed by atoms with Crippen LogP contribution in [0.4, 0.5) is 0 Å². The molecule has 2 saturated heterocycles. The first-order chi connectivity index (χ1) is 10.9. The minimum Gasteiger partial charge on any atom is -0.390 e. The van der Waals surface area contributed by atoms with Gasteiger partial charge in [0.25, 0.3) is 0 Å². The van der Waals surface area contributed by atoms with Crippen molar-refractivity contribution in [3.8, 4) is 0 Å². The number of aryl methyl sites for hydroxylation is 1. The molecule has 3 rings (SSSR count). The van der Waals surface area contributed by atoms with E-state index in [1.54, 1.807) is 0 Å². The highest BCUT2D eigenvalue weighted by atomic mass is 16.5. The number of hydrogen-bond donors (Lipinski definition) is 1. The van der Waals surface area contributed by atoms with Gasteiger partial charge in [0.2, 0.25) is 5.91 Å². The topological polar surface area (TPSA) is 49.8 Å². The summed E-state index contributed by atoms with van der Waals surface area (Å²) in [5, 5.41) is 10.3.